The largest absolute Gasteiger partial charge is 0.496 e. The molecule has 4 heteroatoms. The first-order chi connectivity index (χ1) is 7.76. The van der Waals surface area contributed by atoms with Gasteiger partial charge in [-0.3, -0.25) is 0 Å². The summed E-state index contributed by atoms with van der Waals surface area (Å²) in [6.45, 7) is -0.0379. The van der Waals surface area contributed by atoms with Crippen molar-refractivity contribution >= 4 is 0 Å². The van der Waals surface area contributed by atoms with Crippen molar-refractivity contribution < 1.29 is 9.84 Å². The zero-order chi connectivity index (χ0) is 11.5. The summed E-state index contributed by atoms with van der Waals surface area (Å²) in [7, 11) is 3.51. The van der Waals surface area contributed by atoms with Gasteiger partial charge in [-0.15, -0.1) is 0 Å². The number of hydrogen-bond donors (Lipinski definition) is 1. The van der Waals surface area contributed by atoms with Gasteiger partial charge in [-0.05, 0) is 6.07 Å². The molecule has 0 fully saturated rings. The fourth-order valence-corrected chi connectivity index (χ4v) is 1.70. The molecule has 1 aromatic heterocycles. The van der Waals surface area contributed by atoms with E-state index >= 15 is 0 Å². The number of ether oxygens (including phenoxy) is 1. The molecule has 4 nitrogen and oxygen atoms in total. The van der Waals surface area contributed by atoms with Crippen molar-refractivity contribution in [2.24, 2.45) is 7.05 Å². The summed E-state index contributed by atoms with van der Waals surface area (Å²) in [5.74, 6) is 0.684. The molecule has 0 unspecified atom stereocenters. The minimum atomic E-state index is -0.0379. The Balaban J connectivity index is 2.56. The Labute approximate surface area is 94.1 Å². The molecular weight excluding hydrogens is 204 g/mol. The second-order valence-corrected chi connectivity index (χ2v) is 3.58. The number of methoxy groups -OCH3 is 1. The SMILES string of the molecule is COc1c(CO)cccc1-c1cn(C)cn1. The number of para-hydroxylation sites is 1. The number of hydrogen-bond acceptors (Lipinski definition) is 3. The molecule has 0 radical (unpaired) electrons. The van der Waals surface area contributed by atoms with E-state index in [2.05, 4.69) is 4.98 Å². The minimum Gasteiger partial charge on any atom is -0.496 e. The molecule has 0 aliphatic carbocycles. The van der Waals surface area contributed by atoms with Crippen LogP contribution in [0.3, 0.4) is 0 Å². The average molecular weight is 218 g/mol. The van der Waals surface area contributed by atoms with Crippen molar-refractivity contribution in [3.8, 4) is 17.0 Å². The average Bonchev–Trinajstić information content (AvgIpc) is 2.74. The first-order valence-corrected chi connectivity index (χ1v) is 5.01. The fourth-order valence-electron chi connectivity index (χ4n) is 1.70. The molecule has 0 aliphatic rings. The summed E-state index contributed by atoms with van der Waals surface area (Å²) in [5, 5.41) is 9.22. The lowest BCUT2D eigenvalue weighted by atomic mass is 10.1. The topological polar surface area (TPSA) is 47.3 Å². The summed E-state index contributed by atoms with van der Waals surface area (Å²) in [6.07, 6.45) is 3.65. The minimum absolute atomic E-state index is 0.0379. The van der Waals surface area contributed by atoms with Crippen LogP contribution in [0.1, 0.15) is 5.56 Å². The third-order valence-electron chi connectivity index (χ3n) is 2.45. The third kappa shape index (κ3) is 1.79. The van der Waals surface area contributed by atoms with E-state index in [0.717, 1.165) is 16.8 Å². The summed E-state index contributed by atoms with van der Waals surface area (Å²) in [6, 6.07) is 5.66. The van der Waals surface area contributed by atoms with Crippen LogP contribution in [-0.2, 0) is 13.7 Å². The van der Waals surface area contributed by atoms with Gasteiger partial charge in [0, 0.05) is 24.4 Å². The lowest BCUT2D eigenvalue weighted by Crippen LogP contribution is -1.94. The van der Waals surface area contributed by atoms with Crippen molar-refractivity contribution in [3.63, 3.8) is 0 Å². The van der Waals surface area contributed by atoms with Gasteiger partial charge < -0.3 is 14.4 Å². The van der Waals surface area contributed by atoms with E-state index in [9.17, 15) is 5.11 Å². The van der Waals surface area contributed by atoms with Gasteiger partial charge in [-0.1, -0.05) is 12.1 Å². The molecular formula is C12H14N2O2. The second kappa shape index (κ2) is 4.37. The Bertz CT molecular complexity index is 492. The molecule has 2 aromatic rings. The lowest BCUT2D eigenvalue weighted by Gasteiger charge is -2.10. The predicted molar refractivity (Wildman–Crippen MR) is 61.1 cm³/mol. The van der Waals surface area contributed by atoms with Gasteiger partial charge in [0.1, 0.15) is 5.75 Å². The van der Waals surface area contributed by atoms with Crippen molar-refractivity contribution in [1.82, 2.24) is 9.55 Å². The van der Waals surface area contributed by atoms with E-state index in [1.165, 1.54) is 0 Å². The molecule has 84 valence electrons. The van der Waals surface area contributed by atoms with E-state index in [0.29, 0.717) is 5.75 Å². The number of benzene rings is 1. The first-order valence-electron chi connectivity index (χ1n) is 5.01. The third-order valence-corrected chi connectivity index (χ3v) is 2.45. The van der Waals surface area contributed by atoms with E-state index in [1.54, 1.807) is 13.4 Å². The van der Waals surface area contributed by atoms with Crippen LogP contribution in [-0.4, -0.2) is 21.8 Å². The summed E-state index contributed by atoms with van der Waals surface area (Å²) < 4.78 is 7.20. The van der Waals surface area contributed by atoms with Gasteiger partial charge in [-0.2, -0.15) is 0 Å². The van der Waals surface area contributed by atoms with Gasteiger partial charge in [0.2, 0.25) is 0 Å². The van der Waals surface area contributed by atoms with Gasteiger partial charge in [0.25, 0.3) is 0 Å². The maximum absolute atomic E-state index is 9.22. The Morgan fingerprint density at radius 2 is 2.25 bits per heavy atom. The van der Waals surface area contributed by atoms with Crippen LogP contribution in [0.5, 0.6) is 5.75 Å². The van der Waals surface area contributed by atoms with Crippen molar-refractivity contribution in [1.29, 1.82) is 0 Å². The lowest BCUT2D eigenvalue weighted by molar-refractivity contribution is 0.274. The van der Waals surface area contributed by atoms with E-state index in [-0.39, 0.29) is 6.61 Å². The zero-order valence-electron chi connectivity index (χ0n) is 9.34. The number of aliphatic hydroxyl groups is 1. The van der Waals surface area contributed by atoms with Crippen molar-refractivity contribution in [2.75, 3.05) is 7.11 Å². The molecule has 16 heavy (non-hydrogen) atoms. The summed E-state index contributed by atoms with van der Waals surface area (Å²) in [5.41, 5.74) is 2.51. The molecule has 0 saturated heterocycles. The molecule has 0 saturated carbocycles. The van der Waals surface area contributed by atoms with Crippen molar-refractivity contribution in [2.45, 2.75) is 6.61 Å². The maximum Gasteiger partial charge on any atom is 0.133 e. The number of nitrogens with zero attached hydrogens (tertiary/aromatic N) is 2. The number of rotatable bonds is 3. The molecule has 2 rings (SSSR count). The van der Waals surface area contributed by atoms with Gasteiger partial charge in [0.05, 0.1) is 25.7 Å². The van der Waals surface area contributed by atoms with Crippen LogP contribution in [0, 0.1) is 0 Å². The van der Waals surface area contributed by atoms with Gasteiger partial charge >= 0.3 is 0 Å². The molecule has 1 aromatic carbocycles. The summed E-state index contributed by atoms with van der Waals surface area (Å²) in [4.78, 5) is 4.27. The number of aliphatic hydroxyl groups excluding tert-OH is 1. The second-order valence-electron chi connectivity index (χ2n) is 3.58. The summed E-state index contributed by atoms with van der Waals surface area (Å²) >= 11 is 0. The molecule has 0 atom stereocenters. The van der Waals surface area contributed by atoms with E-state index in [1.807, 2.05) is 36.0 Å². The number of aryl methyl sites for hydroxylation is 1. The number of aromatic nitrogens is 2. The molecule has 0 bridgehead atoms. The molecule has 1 heterocycles. The smallest absolute Gasteiger partial charge is 0.133 e. The standard InChI is InChI=1S/C12H14N2O2/c1-14-6-11(13-8-14)10-5-3-4-9(7-15)12(10)16-2/h3-6,8,15H,7H2,1-2H3. The number of imidazole rings is 1. The fraction of sp³-hybridized carbons (Fsp3) is 0.250. The van der Waals surface area contributed by atoms with Gasteiger partial charge in [0.15, 0.2) is 0 Å². The van der Waals surface area contributed by atoms with Crippen LogP contribution >= 0.6 is 0 Å². The Hall–Kier alpha value is -1.81. The Morgan fingerprint density at radius 3 is 2.81 bits per heavy atom. The van der Waals surface area contributed by atoms with Crippen LogP contribution < -0.4 is 4.74 Å². The van der Waals surface area contributed by atoms with Crippen LogP contribution in [0.15, 0.2) is 30.7 Å². The predicted octanol–water partition coefficient (Wildman–Crippen LogP) is 1.59. The highest BCUT2D eigenvalue weighted by Crippen LogP contribution is 2.31. The monoisotopic (exact) mass is 218 g/mol. The maximum atomic E-state index is 9.22. The molecule has 1 N–H and O–H groups in total. The quantitative estimate of drug-likeness (QED) is 0.851. The molecule has 0 spiro atoms. The van der Waals surface area contributed by atoms with Crippen molar-refractivity contribution in [3.05, 3.63) is 36.3 Å². The van der Waals surface area contributed by atoms with Crippen LogP contribution in [0.4, 0.5) is 0 Å². The zero-order valence-corrected chi connectivity index (χ0v) is 9.34. The highest BCUT2D eigenvalue weighted by atomic mass is 16.5. The van der Waals surface area contributed by atoms with Crippen LogP contribution in [0.25, 0.3) is 11.3 Å². The highest BCUT2D eigenvalue weighted by molar-refractivity contribution is 5.68. The van der Waals surface area contributed by atoms with Gasteiger partial charge in [-0.25, -0.2) is 4.98 Å². The van der Waals surface area contributed by atoms with E-state index in [4.69, 9.17) is 4.74 Å². The Morgan fingerprint density at radius 1 is 1.44 bits per heavy atom. The highest BCUT2D eigenvalue weighted by Gasteiger charge is 2.11. The van der Waals surface area contributed by atoms with Crippen LogP contribution in [0.2, 0.25) is 0 Å². The normalized spacial score (nSPS) is 10.4. The Kier molecular flexibility index (Phi) is 2.92. The first kappa shape index (κ1) is 10.7. The van der Waals surface area contributed by atoms with E-state index < -0.39 is 0 Å². The molecule has 0 amide bonds. The molecule has 0 aliphatic heterocycles.